The van der Waals surface area contributed by atoms with E-state index in [1.165, 1.54) is 5.56 Å². The molecular weight excluding hydrogens is 276 g/mol. The maximum atomic E-state index is 12.5. The molecule has 1 amide bonds. The zero-order chi connectivity index (χ0) is 15.5. The molecule has 3 rings (SSSR count). The van der Waals surface area contributed by atoms with Gasteiger partial charge in [-0.25, -0.2) is 0 Å². The van der Waals surface area contributed by atoms with Crippen molar-refractivity contribution in [3.63, 3.8) is 0 Å². The fourth-order valence-electron chi connectivity index (χ4n) is 3.46. The lowest BCUT2D eigenvalue weighted by Crippen LogP contribution is -2.50. The van der Waals surface area contributed by atoms with Crippen LogP contribution in [0.25, 0.3) is 6.08 Å². The molecule has 2 aliphatic heterocycles. The van der Waals surface area contributed by atoms with Gasteiger partial charge in [0.15, 0.2) is 0 Å². The van der Waals surface area contributed by atoms with Crippen molar-refractivity contribution < 1.29 is 9.53 Å². The Morgan fingerprint density at radius 2 is 2.36 bits per heavy atom. The minimum atomic E-state index is 0.0683. The second kappa shape index (κ2) is 6.53. The smallest absolute Gasteiger partial charge is 0.246 e. The molecule has 4 nitrogen and oxygen atoms in total. The number of benzene rings is 1. The Labute approximate surface area is 131 Å². The number of rotatable bonds is 3. The van der Waals surface area contributed by atoms with Crippen molar-refractivity contribution in [1.82, 2.24) is 4.90 Å². The summed E-state index contributed by atoms with van der Waals surface area (Å²) in [4.78, 5) is 14.4. The van der Waals surface area contributed by atoms with Gasteiger partial charge in [0, 0.05) is 31.6 Å². The van der Waals surface area contributed by atoms with Gasteiger partial charge in [-0.2, -0.15) is 0 Å². The molecule has 1 saturated heterocycles. The van der Waals surface area contributed by atoms with Crippen molar-refractivity contribution in [3.8, 4) is 5.75 Å². The lowest BCUT2D eigenvalue weighted by Gasteiger charge is -2.38. The molecule has 1 aromatic carbocycles. The predicted molar refractivity (Wildman–Crippen MR) is 87.6 cm³/mol. The maximum Gasteiger partial charge on any atom is 0.246 e. The fourth-order valence-corrected chi connectivity index (χ4v) is 3.46. The molecule has 2 aliphatic rings. The number of carbonyl (C=O) groups is 1. The van der Waals surface area contributed by atoms with Gasteiger partial charge in [0.05, 0.1) is 6.61 Å². The number of fused-ring (bicyclic) bond motifs is 1. The highest BCUT2D eigenvalue weighted by molar-refractivity contribution is 5.92. The Morgan fingerprint density at radius 1 is 1.50 bits per heavy atom. The van der Waals surface area contributed by atoms with Crippen molar-refractivity contribution in [1.29, 1.82) is 0 Å². The molecule has 2 atom stereocenters. The fraction of sp³-hybridized carbons (Fsp3) is 0.500. The molecule has 0 aliphatic carbocycles. The highest BCUT2D eigenvalue weighted by Gasteiger charge is 2.29. The summed E-state index contributed by atoms with van der Waals surface area (Å²) in [6.07, 6.45) is 6.74. The van der Waals surface area contributed by atoms with E-state index in [0.717, 1.165) is 43.7 Å². The van der Waals surface area contributed by atoms with E-state index in [9.17, 15) is 4.79 Å². The lowest BCUT2D eigenvalue weighted by atomic mass is 9.90. The molecular formula is C18H24N2O2. The normalized spacial score (nSPS) is 24.4. The third-order valence-corrected chi connectivity index (χ3v) is 4.77. The van der Waals surface area contributed by atoms with Crippen LogP contribution in [0.3, 0.4) is 0 Å². The number of hydrogen-bond acceptors (Lipinski definition) is 3. The van der Waals surface area contributed by atoms with Crippen molar-refractivity contribution in [3.05, 3.63) is 35.4 Å². The number of nitrogens with two attached hydrogens (primary N) is 1. The Balaban J connectivity index is 1.70. The van der Waals surface area contributed by atoms with Crippen LogP contribution in [0.5, 0.6) is 5.75 Å². The first-order valence-electron chi connectivity index (χ1n) is 8.13. The number of carbonyl (C=O) groups excluding carboxylic acids is 1. The molecule has 2 unspecified atom stereocenters. The van der Waals surface area contributed by atoms with Crippen LogP contribution in [0.4, 0.5) is 0 Å². The molecule has 2 heterocycles. The minimum absolute atomic E-state index is 0.0683. The monoisotopic (exact) mass is 300 g/mol. The second-order valence-electron chi connectivity index (χ2n) is 6.25. The van der Waals surface area contributed by atoms with Gasteiger partial charge in [-0.15, -0.1) is 0 Å². The van der Waals surface area contributed by atoms with Crippen molar-refractivity contribution >= 4 is 12.0 Å². The van der Waals surface area contributed by atoms with Crippen LogP contribution in [-0.2, 0) is 11.2 Å². The number of nitrogens with zero attached hydrogens (tertiary/aromatic N) is 1. The summed E-state index contributed by atoms with van der Waals surface area (Å²) in [6, 6.07) is 6.25. The van der Waals surface area contributed by atoms with Gasteiger partial charge in [-0.3, -0.25) is 4.79 Å². The van der Waals surface area contributed by atoms with E-state index >= 15 is 0 Å². The van der Waals surface area contributed by atoms with Gasteiger partial charge in [-0.05, 0) is 48.1 Å². The molecule has 118 valence electrons. The Bertz CT molecular complexity index is 582. The SMILES string of the molecule is CC1CCCN(C(=O)C=Cc2ccc3c(c2)CCO3)C1CN. The third kappa shape index (κ3) is 3.02. The molecule has 0 bridgehead atoms. The Morgan fingerprint density at radius 3 is 3.18 bits per heavy atom. The van der Waals surface area contributed by atoms with Crippen LogP contribution >= 0.6 is 0 Å². The largest absolute Gasteiger partial charge is 0.493 e. The van der Waals surface area contributed by atoms with Crippen LogP contribution in [0, 0.1) is 5.92 Å². The van der Waals surface area contributed by atoms with Crippen LogP contribution in [0.1, 0.15) is 30.9 Å². The number of hydrogen-bond donors (Lipinski definition) is 1. The summed E-state index contributed by atoms with van der Waals surface area (Å²) < 4.78 is 5.50. The lowest BCUT2D eigenvalue weighted by molar-refractivity contribution is -0.130. The van der Waals surface area contributed by atoms with Crippen LogP contribution in [-0.4, -0.2) is 36.5 Å². The van der Waals surface area contributed by atoms with E-state index in [2.05, 4.69) is 13.0 Å². The van der Waals surface area contributed by atoms with E-state index in [1.807, 2.05) is 23.1 Å². The predicted octanol–water partition coefficient (Wildman–Crippen LogP) is 2.22. The number of amides is 1. The van der Waals surface area contributed by atoms with Gasteiger partial charge in [0.1, 0.15) is 5.75 Å². The summed E-state index contributed by atoms with van der Waals surface area (Å²) >= 11 is 0. The quantitative estimate of drug-likeness (QED) is 0.871. The highest BCUT2D eigenvalue weighted by atomic mass is 16.5. The first-order valence-corrected chi connectivity index (χ1v) is 8.13. The van der Waals surface area contributed by atoms with Gasteiger partial charge < -0.3 is 15.4 Å². The van der Waals surface area contributed by atoms with Crippen molar-refractivity contribution in [2.24, 2.45) is 11.7 Å². The van der Waals surface area contributed by atoms with Crippen molar-refractivity contribution in [2.45, 2.75) is 32.2 Å². The summed E-state index contributed by atoms with van der Waals surface area (Å²) in [6.45, 7) is 4.29. The highest BCUT2D eigenvalue weighted by Crippen LogP contribution is 2.26. The van der Waals surface area contributed by atoms with E-state index in [-0.39, 0.29) is 11.9 Å². The van der Waals surface area contributed by atoms with Gasteiger partial charge in [0.25, 0.3) is 0 Å². The Hall–Kier alpha value is -1.81. The van der Waals surface area contributed by atoms with Gasteiger partial charge >= 0.3 is 0 Å². The van der Waals surface area contributed by atoms with E-state index in [1.54, 1.807) is 6.08 Å². The topological polar surface area (TPSA) is 55.6 Å². The number of piperidine rings is 1. The Kier molecular flexibility index (Phi) is 4.48. The summed E-state index contributed by atoms with van der Waals surface area (Å²) in [7, 11) is 0. The summed E-state index contributed by atoms with van der Waals surface area (Å²) in [5.74, 6) is 1.52. The molecule has 4 heteroatoms. The zero-order valence-electron chi connectivity index (χ0n) is 13.1. The van der Waals surface area contributed by atoms with E-state index in [4.69, 9.17) is 10.5 Å². The molecule has 22 heavy (non-hydrogen) atoms. The molecule has 1 aromatic rings. The van der Waals surface area contributed by atoms with Crippen LogP contribution < -0.4 is 10.5 Å². The summed E-state index contributed by atoms with van der Waals surface area (Å²) in [5.41, 5.74) is 8.13. The zero-order valence-corrected chi connectivity index (χ0v) is 13.1. The molecule has 0 radical (unpaired) electrons. The second-order valence-corrected chi connectivity index (χ2v) is 6.25. The molecule has 0 aromatic heterocycles. The minimum Gasteiger partial charge on any atom is -0.493 e. The van der Waals surface area contributed by atoms with Crippen LogP contribution in [0.15, 0.2) is 24.3 Å². The third-order valence-electron chi connectivity index (χ3n) is 4.77. The number of likely N-dealkylation sites (tertiary alicyclic amines) is 1. The molecule has 2 N–H and O–H groups in total. The standard InChI is InChI=1S/C18H24N2O2/c1-13-3-2-9-20(16(13)12-19)18(21)7-5-14-4-6-17-15(11-14)8-10-22-17/h4-7,11,13,16H,2-3,8-10,12,19H2,1H3. The van der Waals surface area contributed by atoms with Crippen LogP contribution in [0.2, 0.25) is 0 Å². The average molecular weight is 300 g/mol. The maximum absolute atomic E-state index is 12.5. The van der Waals surface area contributed by atoms with E-state index in [0.29, 0.717) is 12.5 Å². The van der Waals surface area contributed by atoms with Gasteiger partial charge in [-0.1, -0.05) is 13.0 Å². The van der Waals surface area contributed by atoms with Crippen molar-refractivity contribution in [2.75, 3.05) is 19.7 Å². The molecule has 0 spiro atoms. The number of ether oxygens (including phenoxy) is 1. The first kappa shape index (κ1) is 15.1. The first-order chi connectivity index (χ1) is 10.7. The van der Waals surface area contributed by atoms with E-state index < -0.39 is 0 Å². The summed E-state index contributed by atoms with van der Waals surface area (Å²) in [5, 5.41) is 0. The molecule has 1 fully saturated rings. The average Bonchev–Trinajstić information content (AvgIpc) is 3.00. The van der Waals surface area contributed by atoms with Gasteiger partial charge in [0.2, 0.25) is 5.91 Å². The molecule has 0 saturated carbocycles.